The van der Waals surface area contributed by atoms with E-state index in [1.165, 1.54) is 12.7 Å². The largest absolute Gasteiger partial charge is 0.493 e. The van der Waals surface area contributed by atoms with Crippen LogP contribution in [0.4, 0.5) is 13.6 Å². The zero-order chi connectivity index (χ0) is 24.3. The van der Waals surface area contributed by atoms with Crippen LogP contribution in [0.5, 0.6) is 5.75 Å². The number of halogens is 2. The van der Waals surface area contributed by atoms with E-state index in [4.69, 9.17) is 4.74 Å². The first-order valence-electron chi connectivity index (χ1n) is 11.1. The first-order valence-corrected chi connectivity index (χ1v) is 12.0. The van der Waals surface area contributed by atoms with E-state index in [1.807, 2.05) is 13.0 Å². The molecule has 1 aliphatic carbocycles. The van der Waals surface area contributed by atoms with Crippen molar-refractivity contribution in [3.8, 4) is 16.9 Å². The zero-order valence-electron chi connectivity index (χ0n) is 19.8. The Morgan fingerprint density at radius 2 is 1.67 bits per heavy atom. The van der Waals surface area contributed by atoms with Crippen molar-refractivity contribution >= 4 is 22.9 Å². The van der Waals surface area contributed by atoms with Crippen molar-refractivity contribution in [2.45, 2.75) is 70.0 Å². The minimum atomic E-state index is -0.794. The summed E-state index contributed by atoms with van der Waals surface area (Å²) in [6.45, 7) is 10.7. The molecule has 1 atom stereocenters. The standard InChI is InChI=1S/C26H29F2NO3S/c1-13-9-16-17(26(4,5)8-7-25(16,2)3)12-15(13)20-21(28)14(10-18(27)22(20)32-6)11-19-23(30)29-24(31)33-19/h9-10,12,19H,7-8,11H2,1-6H3,(H,29,30,31). The zero-order valence-corrected chi connectivity index (χ0v) is 20.6. The van der Waals surface area contributed by atoms with Crippen molar-refractivity contribution in [3.05, 3.63) is 52.1 Å². The molecule has 0 radical (unpaired) electrons. The second-order valence-corrected chi connectivity index (χ2v) is 11.5. The van der Waals surface area contributed by atoms with Crippen molar-refractivity contribution < 1.29 is 23.1 Å². The Balaban J connectivity index is 1.91. The predicted molar refractivity (Wildman–Crippen MR) is 127 cm³/mol. The van der Waals surface area contributed by atoms with E-state index in [2.05, 4.69) is 39.1 Å². The molecule has 4 nitrogen and oxygen atoms in total. The molecule has 1 N–H and O–H groups in total. The van der Waals surface area contributed by atoms with E-state index in [0.29, 0.717) is 5.56 Å². The summed E-state index contributed by atoms with van der Waals surface area (Å²) in [6, 6.07) is 5.14. The summed E-state index contributed by atoms with van der Waals surface area (Å²) in [5.74, 6) is -1.98. The second-order valence-electron chi connectivity index (χ2n) is 10.3. The van der Waals surface area contributed by atoms with Gasteiger partial charge < -0.3 is 4.74 Å². The number of aryl methyl sites for hydroxylation is 1. The van der Waals surface area contributed by atoms with Gasteiger partial charge in [0.15, 0.2) is 11.6 Å². The van der Waals surface area contributed by atoms with E-state index < -0.39 is 28.0 Å². The highest BCUT2D eigenvalue weighted by Crippen LogP contribution is 2.49. The summed E-state index contributed by atoms with van der Waals surface area (Å²) in [7, 11) is 1.32. The number of fused-ring (bicyclic) bond motifs is 1. The van der Waals surface area contributed by atoms with Crippen molar-refractivity contribution in [3.63, 3.8) is 0 Å². The molecule has 2 amide bonds. The SMILES string of the molecule is COc1c(F)cc(CC2SC(=O)NC2=O)c(F)c1-c1cc2c(cc1C)C(C)(C)CCC2(C)C. The average molecular weight is 474 g/mol. The number of methoxy groups -OCH3 is 1. The van der Waals surface area contributed by atoms with Crippen molar-refractivity contribution in [2.24, 2.45) is 0 Å². The lowest BCUT2D eigenvalue weighted by molar-refractivity contribution is -0.118. The number of hydrogen-bond donors (Lipinski definition) is 1. The van der Waals surface area contributed by atoms with Crippen LogP contribution < -0.4 is 10.1 Å². The summed E-state index contributed by atoms with van der Waals surface area (Å²) in [4.78, 5) is 23.5. The summed E-state index contributed by atoms with van der Waals surface area (Å²) in [5.41, 5.74) is 3.75. The number of ether oxygens (including phenoxy) is 1. The third-order valence-corrected chi connectivity index (χ3v) is 8.07. The van der Waals surface area contributed by atoms with E-state index in [-0.39, 0.29) is 34.1 Å². The Morgan fingerprint density at radius 3 is 2.21 bits per heavy atom. The van der Waals surface area contributed by atoms with Crippen LogP contribution >= 0.6 is 11.8 Å². The molecule has 0 aromatic heterocycles. The molecule has 7 heteroatoms. The molecule has 2 aromatic carbocycles. The van der Waals surface area contributed by atoms with Crippen molar-refractivity contribution in [1.82, 2.24) is 5.32 Å². The minimum Gasteiger partial charge on any atom is -0.493 e. The maximum absolute atomic E-state index is 15.9. The number of hydrogen-bond acceptors (Lipinski definition) is 4. The number of thioether (sulfide) groups is 1. The van der Waals surface area contributed by atoms with Crippen LogP contribution in [0.2, 0.25) is 0 Å². The van der Waals surface area contributed by atoms with Gasteiger partial charge in [-0.2, -0.15) is 0 Å². The molecule has 1 heterocycles. The van der Waals surface area contributed by atoms with Gasteiger partial charge >= 0.3 is 0 Å². The van der Waals surface area contributed by atoms with Gasteiger partial charge in [-0.25, -0.2) is 8.78 Å². The fourth-order valence-electron chi connectivity index (χ4n) is 4.97. The van der Waals surface area contributed by atoms with Crippen LogP contribution in [-0.4, -0.2) is 23.5 Å². The molecular formula is C26H29F2NO3S. The predicted octanol–water partition coefficient (Wildman–Crippen LogP) is 6.19. The van der Waals surface area contributed by atoms with Gasteiger partial charge in [0.05, 0.1) is 17.9 Å². The first kappa shape index (κ1) is 23.7. The number of amides is 2. The van der Waals surface area contributed by atoms with Crippen LogP contribution in [0.15, 0.2) is 18.2 Å². The molecular weight excluding hydrogens is 444 g/mol. The topological polar surface area (TPSA) is 55.4 Å². The van der Waals surface area contributed by atoms with Crippen LogP contribution in [0.3, 0.4) is 0 Å². The molecule has 0 saturated carbocycles. The number of nitrogens with one attached hydrogen (secondary N) is 1. The van der Waals surface area contributed by atoms with Crippen molar-refractivity contribution in [2.75, 3.05) is 7.11 Å². The summed E-state index contributed by atoms with van der Waals surface area (Å²) < 4.78 is 36.4. The van der Waals surface area contributed by atoms with Gasteiger partial charge in [0, 0.05) is 0 Å². The molecule has 176 valence electrons. The molecule has 1 fully saturated rings. The minimum absolute atomic E-state index is 0.0104. The smallest absolute Gasteiger partial charge is 0.286 e. The molecule has 0 spiro atoms. The highest BCUT2D eigenvalue weighted by Gasteiger charge is 2.38. The van der Waals surface area contributed by atoms with Gasteiger partial charge in [-0.3, -0.25) is 14.9 Å². The highest BCUT2D eigenvalue weighted by atomic mass is 32.2. The van der Waals surface area contributed by atoms with Crippen LogP contribution in [0.25, 0.3) is 11.1 Å². The van der Waals surface area contributed by atoms with Crippen molar-refractivity contribution in [1.29, 1.82) is 0 Å². The van der Waals surface area contributed by atoms with Crippen LogP contribution in [-0.2, 0) is 22.0 Å². The number of carbonyl (C=O) groups is 2. The lowest BCUT2D eigenvalue weighted by Crippen LogP contribution is -2.34. The average Bonchev–Trinajstić information content (AvgIpc) is 3.04. The molecule has 2 aliphatic rings. The Hall–Kier alpha value is -2.41. The summed E-state index contributed by atoms with van der Waals surface area (Å²) in [6.07, 6.45) is 1.95. The monoisotopic (exact) mass is 473 g/mol. The van der Waals surface area contributed by atoms with Gasteiger partial charge in [0.25, 0.3) is 5.24 Å². The summed E-state index contributed by atoms with van der Waals surface area (Å²) >= 11 is 0.796. The number of rotatable bonds is 4. The van der Waals surface area contributed by atoms with Gasteiger partial charge in [0.2, 0.25) is 5.91 Å². The fraction of sp³-hybridized carbons (Fsp3) is 0.462. The van der Waals surface area contributed by atoms with E-state index in [0.717, 1.165) is 41.8 Å². The summed E-state index contributed by atoms with van der Waals surface area (Å²) in [5, 5.41) is 0.923. The lowest BCUT2D eigenvalue weighted by atomic mass is 9.62. The van der Waals surface area contributed by atoms with E-state index >= 15 is 8.78 Å². The van der Waals surface area contributed by atoms with E-state index in [1.54, 1.807) is 0 Å². The molecule has 1 saturated heterocycles. The van der Waals surface area contributed by atoms with Crippen LogP contribution in [0.1, 0.15) is 62.8 Å². The molecule has 33 heavy (non-hydrogen) atoms. The van der Waals surface area contributed by atoms with Crippen LogP contribution in [0, 0.1) is 18.6 Å². The van der Waals surface area contributed by atoms with E-state index in [9.17, 15) is 9.59 Å². The normalized spacial score (nSPS) is 21.0. The maximum Gasteiger partial charge on any atom is 0.286 e. The number of imide groups is 1. The van der Waals surface area contributed by atoms with Gasteiger partial charge in [-0.1, -0.05) is 45.5 Å². The Labute approximate surface area is 197 Å². The van der Waals surface area contributed by atoms with Gasteiger partial charge in [0.1, 0.15) is 5.82 Å². The van der Waals surface area contributed by atoms with Gasteiger partial charge in [-0.05, 0) is 77.0 Å². The number of carbonyl (C=O) groups excluding carboxylic acids is 2. The quantitative estimate of drug-likeness (QED) is 0.575. The first-order chi connectivity index (χ1) is 15.4. The highest BCUT2D eigenvalue weighted by molar-refractivity contribution is 8.15. The Morgan fingerprint density at radius 1 is 1.06 bits per heavy atom. The molecule has 1 unspecified atom stereocenters. The Kier molecular flexibility index (Phi) is 5.84. The molecule has 2 aromatic rings. The third kappa shape index (κ3) is 4.05. The fourth-order valence-corrected chi connectivity index (χ4v) is 5.82. The lowest BCUT2D eigenvalue weighted by Gasteiger charge is -2.42. The third-order valence-electron chi connectivity index (χ3n) is 7.09. The molecule has 1 aliphatic heterocycles. The maximum atomic E-state index is 15.9. The molecule has 0 bridgehead atoms. The van der Waals surface area contributed by atoms with Gasteiger partial charge in [-0.15, -0.1) is 0 Å². The Bertz CT molecular complexity index is 1170. The number of benzene rings is 2. The second kappa shape index (κ2) is 8.12. The molecule has 4 rings (SSSR count).